The Morgan fingerprint density at radius 3 is 2.59 bits per heavy atom. The van der Waals surface area contributed by atoms with Gasteiger partial charge in [0.25, 0.3) is 0 Å². The predicted molar refractivity (Wildman–Crippen MR) is 73.6 cm³/mol. The van der Waals surface area contributed by atoms with E-state index in [1.807, 2.05) is 36.7 Å². The van der Waals surface area contributed by atoms with Gasteiger partial charge in [0.1, 0.15) is 0 Å². The third kappa shape index (κ3) is 2.25. The highest BCUT2D eigenvalue weighted by molar-refractivity contribution is 9.10. The Labute approximate surface area is 114 Å². The number of rotatable bonds is 2. The fourth-order valence-corrected chi connectivity index (χ4v) is 2.21. The van der Waals surface area contributed by atoms with Crippen LogP contribution in [-0.2, 0) is 6.54 Å². The summed E-state index contributed by atoms with van der Waals surface area (Å²) >= 11 is 9.65. The van der Waals surface area contributed by atoms with E-state index in [0.29, 0.717) is 11.6 Å². The van der Waals surface area contributed by atoms with Crippen LogP contribution < -0.4 is 5.73 Å². The smallest absolute Gasteiger partial charge is 0.0743 e. The third-order valence-corrected chi connectivity index (χ3v) is 4.20. The zero-order valence-corrected chi connectivity index (χ0v) is 12.0. The second-order valence-electron chi connectivity index (χ2n) is 3.88. The quantitative estimate of drug-likeness (QED) is 0.923. The number of benzene rings is 1. The fourth-order valence-electron chi connectivity index (χ4n) is 1.71. The van der Waals surface area contributed by atoms with Gasteiger partial charge in [-0.2, -0.15) is 5.10 Å². The highest BCUT2D eigenvalue weighted by Gasteiger charge is 2.11. The molecule has 1 aromatic heterocycles. The average Bonchev–Trinajstić information content (AvgIpc) is 2.57. The Morgan fingerprint density at radius 1 is 1.41 bits per heavy atom. The molecule has 17 heavy (non-hydrogen) atoms. The van der Waals surface area contributed by atoms with Gasteiger partial charge in [-0.15, -0.1) is 0 Å². The van der Waals surface area contributed by atoms with Crippen molar-refractivity contribution in [2.24, 2.45) is 5.73 Å². The zero-order chi connectivity index (χ0) is 12.6. The minimum absolute atomic E-state index is 0.444. The van der Waals surface area contributed by atoms with E-state index in [1.54, 1.807) is 0 Å². The summed E-state index contributed by atoms with van der Waals surface area (Å²) in [7, 11) is 0. The third-order valence-electron chi connectivity index (χ3n) is 2.70. The molecule has 90 valence electrons. The SMILES string of the molecule is Cc1nn(-c2ccc(CN)c(Cl)c2)c(C)c1Br. The summed E-state index contributed by atoms with van der Waals surface area (Å²) in [6.07, 6.45) is 0. The molecule has 0 aliphatic rings. The molecule has 0 fully saturated rings. The van der Waals surface area contributed by atoms with Crippen LogP contribution in [0.3, 0.4) is 0 Å². The molecule has 1 heterocycles. The summed E-state index contributed by atoms with van der Waals surface area (Å²) in [6.45, 7) is 4.41. The van der Waals surface area contributed by atoms with Gasteiger partial charge < -0.3 is 5.73 Å². The predicted octanol–water partition coefficient (Wildman–Crippen LogP) is 3.36. The van der Waals surface area contributed by atoms with Gasteiger partial charge in [0.2, 0.25) is 0 Å². The Hall–Kier alpha value is -0.840. The van der Waals surface area contributed by atoms with E-state index in [9.17, 15) is 0 Å². The molecule has 0 bridgehead atoms. The Balaban J connectivity index is 2.53. The molecule has 0 aliphatic heterocycles. The normalized spacial score (nSPS) is 10.9. The molecule has 0 spiro atoms. The van der Waals surface area contributed by atoms with E-state index in [4.69, 9.17) is 17.3 Å². The highest BCUT2D eigenvalue weighted by atomic mass is 79.9. The minimum Gasteiger partial charge on any atom is -0.326 e. The molecule has 0 atom stereocenters. The topological polar surface area (TPSA) is 43.8 Å². The van der Waals surface area contributed by atoms with Crippen molar-refractivity contribution in [1.82, 2.24) is 9.78 Å². The van der Waals surface area contributed by atoms with Crippen LogP contribution in [0.4, 0.5) is 0 Å². The molecule has 0 radical (unpaired) electrons. The summed E-state index contributed by atoms with van der Waals surface area (Å²) in [6, 6.07) is 5.79. The van der Waals surface area contributed by atoms with Gasteiger partial charge in [0.05, 0.1) is 21.5 Å². The lowest BCUT2D eigenvalue weighted by atomic mass is 10.2. The lowest BCUT2D eigenvalue weighted by Crippen LogP contribution is -2.02. The van der Waals surface area contributed by atoms with Crippen LogP contribution in [0, 0.1) is 13.8 Å². The zero-order valence-electron chi connectivity index (χ0n) is 9.67. The van der Waals surface area contributed by atoms with Crippen molar-refractivity contribution in [3.63, 3.8) is 0 Å². The molecule has 0 saturated carbocycles. The van der Waals surface area contributed by atoms with Gasteiger partial charge in [0.15, 0.2) is 0 Å². The summed E-state index contributed by atoms with van der Waals surface area (Å²) in [5.41, 5.74) is 9.48. The number of aryl methyl sites for hydroxylation is 1. The van der Waals surface area contributed by atoms with Gasteiger partial charge in [0, 0.05) is 11.6 Å². The van der Waals surface area contributed by atoms with Crippen LogP contribution >= 0.6 is 27.5 Å². The van der Waals surface area contributed by atoms with Gasteiger partial charge in [-0.1, -0.05) is 17.7 Å². The maximum Gasteiger partial charge on any atom is 0.0743 e. The first-order chi connectivity index (χ1) is 8.04. The molecule has 2 N–H and O–H groups in total. The van der Waals surface area contributed by atoms with E-state index in [-0.39, 0.29) is 0 Å². The summed E-state index contributed by atoms with van der Waals surface area (Å²) < 4.78 is 2.89. The first-order valence-electron chi connectivity index (χ1n) is 5.25. The highest BCUT2D eigenvalue weighted by Crippen LogP contribution is 2.25. The van der Waals surface area contributed by atoms with Crippen molar-refractivity contribution in [1.29, 1.82) is 0 Å². The van der Waals surface area contributed by atoms with Gasteiger partial charge in [-0.25, -0.2) is 4.68 Å². The molecular formula is C12H13BrClN3. The second kappa shape index (κ2) is 4.80. The standard InChI is InChI=1S/C12H13BrClN3/c1-7-12(13)8(2)17(16-7)10-4-3-9(6-15)11(14)5-10/h3-5H,6,15H2,1-2H3. The first kappa shape index (κ1) is 12.6. The summed E-state index contributed by atoms with van der Waals surface area (Å²) in [4.78, 5) is 0. The maximum absolute atomic E-state index is 6.15. The number of nitrogens with zero attached hydrogens (tertiary/aromatic N) is 2. The monoisotopic (exact) mass is 313 g/mol. The molecule has 0 saturated heterocycles. The second-order valence-corrected chi connectivity index (χ2v) is 5.08. The van der Waals surface area contributed by atoms with Crippen molar-refractivity contribution < 1.29 is 0 Å². The van der Waals surface area contributed by atoms with Crippen LogP contribution in [0.25, 0.3) is 5.69 Å². The molecule has 0 amide bonds. The number of hydrogen-bond acceptors (Lipinski definition) is 2. The van der Waals surface area contributed by atoms with E-state index >= 15 is 0 Å². The van der Waals surface area contributed by atoms with Gasteiger partial charge >= 0.3 is 0 Å². The number of hydrogen-bond donors (Lipinski definition) is 1. The maximum atomic E-state index is 6.15. The van der Waals surface area contributed by atoms with E-state index in [0.717, 1.165) is 27.1 Å². The summed E-state index contributed by atoms with van der Waals surface area (Å²) in [5.74, 6) is 0. The van der Waals surface area contributed by atoms with Crippen LogP contribution in [0.1, 0.15) is 17.0 Å². The van der Waals surface area contributed by atoms with Crippen LogP contribution in [0.15, 0.2) is 22.7 Å². The Bertz CT molecular complexity index is 563. The van der Waals surface area contributed by atoms with Crippen molar-refractivity contribution in [3.05, 3.63) is 44.6 Å². The molecule has 2 rings (SSSR count). The average molecular weight is 315 g/mol. The van der Waals surface area contributed by atoms with Crippen LogP contribution in [0.5, 0.6) is 0 Å². The molecule has 2 aromatic rings. The number of nitrogens with two attached hydrogens (primary N) is 1. The molecule has 0 aliphatic carbocycles. The minimum atomic E-state index is 0.444. The number of aromatic nitrogens is 2. The largest absolute Gasteiger partial charge is 0.326 e. The molecular weight excluding hydrogens is 302 g/mol. The van der Waals surface area contributed by atoms with Crippen LogP contribution in [0.2, 0.25) is 5.02 Å². The van der Waals surface area contributed by atoms with Gasteiger partial charge in [-0.05, 0) is 47.5 Å². The lowest BCUT2D eigenvalue weighted by molar-refractivity contribution is 0.832. The van der Waals surface area contributed by atoms with E-state index < -0.39 is 0 Å². The molecule has 3 nitrogen and oxygen atoms in total. The Kier molecular flexibility index (Phi) is 3.56. The molecule has 0 unspecified atom stereocenters. The van der Waals surface area contributed by atoms with Gasteiger partial charge in [-0.3, -0.25) is 0 Å². The van der Waals surface area contributed by atoms with Crippen LogP contribution in [-0.4, -0.2) is 9.78 Å². The van der Waals surface area contributed by atoms with Crippen molar-refractivity contribution in [3.8, 4) is 5.69 Å². The first-order valence-corrected chi connectivity index (χ1v) is 6.42. The van der Waals surface area contributed by atoms with Crippen molar-refractivity contribution in [2.75, 3.05) is 0 Å². The van der Waals surface area contributed by atoms with Crippen molar-refractivity contribution >= 4 is 27.5 Å². The molecule has 1 aromatic carbocycles. The summed E-state index contributed by atoms with van der Waals surface area (Å²) in [5, 5.41) is 5.13. The number of halogens is 2. The lowest BCUT2D eigenvalue weighted by Gasteiger charge is -2.07. The van der Waals surface area contributed by atoms with E-state index in [1.165, 1.54) is 0 Å². The Morgan fingerprint density at radius 2 is 2.12 bits per heavy atom. The molecule has 5 heteroatoms. The fraction of sp³-hybridized carbons (Fsp3) is 0.250. The van der Waals surface area contributed by atoms with E-state index in [2.05, 4.69) is 21.0 Å². The van der Waals surface area contributed by atoms with Crippen molar-refractivity contribution in [2.45, 2.75) is 20.4 Å².